The summed E-state index contributed by atoms with van der Waals surface area (Å²) in [6.45, 7) is 0. The monoisotopic (exact) mass is 345 g/mol. The molecule has 0 aromatic heterocycles. The fraction of sp³-hybridized carbons (Fsp3) is 0.118. The van der Waals surface area contributed by atoms with Crippen molar-refractivity contribution in [1.29, 1.82) is 0 Å². The first-order valence-electron chi connectivity index (χ1n) is 7.40. The molecule has 1 aliphatic rings. The molecule has 6 nitrogen and oxygen atoms in total. The lowest BCUT2D eigenvalue weighted by Crippen LogP contribution is -2.48. The number of benzene rings is 2. The average Bonchev–Trinajstić information content (AvgIpc) is 2.90. The number of halogens is 2. The number of carbonyl (C=O) groups is 3. The van der Waals surface area contributed by atoms with E-state index in [0.717, 1.165) is 23.1 Å². The molecular weight excluding hydrogens is 332 g/mol. The van der Waals surface area contributed by atoms with Gasteiger partial charge < -0.3 is 0 Å². The third kappa shape index (κ3) is 3.38. The zero-order chi connectivity index (χ0) is 18.0. The third-order valence-corrected chi connectivity index (χ3v) is 3.70. The SMILES string of the molecule is O=C(NN[C@H]1CC(=O)N(c2ccc(F)c(F)c2)C1=O)c1ccccc1. The van der Waals surface area contributed by atoms with Crippen LogP contribution < -0.4 is 15.8 Å². The summed E-state index contributed by atoms with van der Waals surface area (Å²) in [6, 6.07) is 10.1. The number of nitrogens with zero attached hydrogens (tertiary/aromatic N) is 1. The fourth-order valence-corrected chi connectivity index (χ4v) is 2.45. The highest BCUT2D eigenvalue weighted by Crippen LogP contribution is 2.24. The molecule has 1 heterocycles. The summed E-state index contributed by atoms with van der Waals surface area (Å²) in [6.07, 6.45) is -0.215. The van der Waals surface area contributed by atoms with Crippen LogP contribution in [0.25, 0.3) is 0 Å². The molecule has 3 amide bonds. The maximum atomic E-state index is 13.3. The summed E-state index contributed by atoms with van der Waals surface area (Å²) in [5, 5.41) is 0. The second-order valence-electron chi connectivity index (χ2n) is 5.39. The Balaban J connectivity index is 1.69. The van der Waals surface area contributed by atoms with E-state index in [1.807, 2.05) is 0 Å². The van der Waals surface area contributed by atoms with Gasteiger partial charge in [-0.25, -0.2) is 19.1 Å². The van der Waals surface area contributed by atoms with Crippen molar-refractivity contribution in [2.75, 3.05) is 4.90 Å². The number of nitrogens with one attached hydrogen (secondary N) is 2. The molecule has 1 aliphatic heterocycles. The lowest BCUT2D eigenvalue weighted by atomic mass is 10.2. The van der Waals surface area contributed by atoms with E-state index in [9.17, 15) is 23.2 Å². The first-order chi connectivity index (χ1) is 12.0. The quantitative estimate of drug-likeness (QED) is 0.651. The Kier molecular flexibility index (Phi) is 4.53. The molecule has 8 heteroatoms. The highest BCUT2D eigenvalue weighted by atomic mass is 19.2. The number of hydrazine groups is 1. The molecule has 128 valence electrons. The Morgan fingerprint density at radius 1 is 1.04 bits per heavy atom. The second-order valence-corrected chi connectivity index (χ2v) is 5.39. The Morgan fingerprint density at radius 3 is 2.44 bits per heavy atom. The molecule has 0 spiro atoms. The van der Waals surface area contributed by atoms with Crippen molar-refractivity contribution in [3.63, 3.8) is 0 Å². The molecule has 1 saturated heterocycles. The highest BCUT2D eigenvalue weighted by Gasteiger charge is 2.40. The number of amides is 3. The molecular formula is C17H13F2N3O3. The summed E-state index contributed by atoms with van der Waals surface area (Å²) in [5.41, 5.74) is 5.18. The largest absolute Gasteiger partial charge is 0.287 e. The van der Waals surface area contributed by atoms with Crippen molar-refractivity contribution in [2.45, 2.75) is 12.5 Å². The summed E-state index contributed by atoms with van der Waals surface area (Å²) >= 11 is 0. The molecule has 0 radical (unpaired) electrons. The molecule has 1 atom stereocenters. The van der Waals surface area contributed by atoms with Crippen molar-refractivity contribution < 1.29 is 23.2 Å². The van der Waals surface area contributed by atoms with Crippen LogP contribution in [-0.2, 0) is 9.59 Å². The second kappa shape index (κ2) is 6.78. The smallest absolute Gasteiger partial charge is 0.265 e. The van der Waals surface area contributed by atoms with E-state index in [0.29, 0.717) is 5.56 Å². The van der Waals surface area contributed by atoms with Gasteiger partial charge in [-0.15, -0.1) is 0 Å². The standard InChI is InChI=1S/C17H13F2N3O3/c18-12-7-6-11(8-13(12)19)22-15(23)9-14(17(22)25)20-21-16(24)10-4-2-1-3-5-10/h1-8,14,20H,9H2,(H,21,24)/t14-/m0/s1. The van der Waals surface area contributed by atoms with Gasteiger partial charge in [0.25, 0.3) is 11.8 Å². The molecule has 0 aliphatic carbocycles. The van der Waals surface area contributed by atoms with Crippen LogP contribution >= 0.6 is 0 Å². The highest BCUT2D eigenvalue weighted by molar-refractivity contribution is 6.22. The lowest BCUT2D eigenvalue weighted by molar-refractivity contribution is -0.121. The maximum Gasteiger partial charge on any atom is 0.265 e. The summed E-state index contributed by atoms with van der Waals surface area (Å²) in [7, 11) is 0. The third-order valence-electron chi connectivity index (χ3n) is 3.70. The van der Waals surface area contributed by atoms with Crippen LogP contribution in [0.2, 0.25) is 0 Å². The molecule has 25 heavy (non-hydrogen) atoms. The summed E-state index contributed by atoms with van der Waals surface area (Å²) < 4.78 is 26.3. The van der Waals surface area contributed by atoms with Crippen molar-refractivity contribution in [1.82, 2.24) is 10.9 Å². The number of imide groups is 1. The fourth-order valence-electron chi connectivity index (χ4n) is 2.45. The Hall–Kier alpha value is -3.13. The van der Waals surface area contributed by atoms with Gasteiger partial charge in [0.1, 0.15) is 6.04 Å². The van der Waals surface area contributed by atoms with Crippen LogP contribution in [0.5, 0.6) is 0 Å². The van der Waals surface area contributed by atoms with Crippen molar-refractivity contribution in [3.8, 4) is 0 Å². The molecule has 2 aromatic rings. The van der Waals surface area contributed by atoms with Crippen molar-refractivity contribution in [2.24, 2.45) is 0 Å². The number of hydrogen-bond donors (Lipinski definition) is 2. The lowest BCUT2D eigenvalue weighted by Gasteiger charge is -2.16. The minimum Gasteiger partial charge on any atom is -0.287 e. The van der Waals surface area contributed by atoms with E-state index in [-0.39, 0.29) is 12.1 Å². The zero-order valence-electron chi connectivity index (χ0n) is 12.8. The Labute approximate surface area is 141 Å². The minimum atomic E-state index is -1.16. The van der Waals surface area contributed by atoms with Crippen LogP contribution in [0.4, 0.5) is 14.5 Å². The predicted molar refractivity (Wildman–Crippen MR) is 84.3 cm³/mol. The van der Waals surface area contributed by atoms with E-state index in [1.54, 1.807) is 30.3 Å². The molecule has 3 rings (SSSR count). The van der Waals surface area contributed by atoms with Gasteiger partial charge in [-0.2, -0.15) is 0 Å². The van der Waals surface area contributed by atoms with Gasteiger partial charge in [0.2, 0.25) is 5.91 Å². The number of anilines is 1. The van der Waals surface area contributed by atoms with Crippen molar-refractivity contribution >= 4 is 23.4 Å². The maximum absolute atomic E-state index is 13.3. The van der Waals surface area contributed by atoms with Crippen LogP contribution in [-0.4, -0.2) is 23.8 Å². The van der Waals surface area contributed by atoms with E-state index in [4.69, 9.17) is 0 Å². The van der Waals surface area contributed by atoms with Gasteiger partial charge >= 0.3 is 0 Å². The predicted octanol–water partition coefficient (Wildman–Crippen LogP) is 1.53. The molecule has 2 N–H and O–H groups in total. The molecule has 0 saturated carbocycles. The summed E-state index contributed by atoms with van der Waals surface area (Å²) in [5.74, 6) is -3.95. The van der Waals surface area contributed by atoms with Crippen LogP contribution in [0.1, 0.15) is 16.8 Å². The molecule has 0 unspecified atom stereocenters. The Bertz CT molecular complexity index is 842. The van der Waals surface area contributed by atoms with Gasteiger partial charge in [-0.3, -0.25) is 19.8 Å². The van der Waals surface area contributed by atoms with Gasteiger partial charge in [0.05, 0.1) is 12.1 Å². The number of rotatable bonds is 4. The van der Waals surface area contributed by atoms with E-state index >= 15 is 0 Å². The molecule has 1 fully saturated rings. The topological polar surface area (TPSA) is 78.5 Å². The molecule has 0 bridgehead atoms. The van der Waals surface area contributed by atoms with Gasteiger partial charge in [0.15, 0.2) is 11.6 Å². The van der Waals surface area contributed by atoms with E-state index in [2.05, 4.69) is 10.9 Å². The summed E-state index contributed by atoms with van der Waals surface area (Å²) in [4.78, 5) is 37.1. The van der Waals surface area contributed by atoms with Gasteiger partial charge in [-0.05, 0) is 24.3 Å². The average molecular weight is 345 g/mol. The Morgan fingerprint density at radius 2 is 1.76 bits per heavy atom. The van der Waals surface area contributed by atoms with E-state index in [1.165, 1.54) is 0 Å². The van der Waals surface area contributed by atoms with Crippen LogP contribution in [0.3, 0.4) is 0 Å². The van der Waals surface area contributed by atoms with Crippen LogP contribution in [0, 0.1) is 11.6 Å². The first kappa shape index (κ1) is 16.7. The van der Waals surface area contributed by atoms with Gasteiger partial charge in [0, 0.05) is 11.6 Å². The van der Waals surface area contributed by atoms with Crippen molar-refractivity contribution in [3.05, 3.63) is 65.7 Å². The number of hydrogen-bond acceptors (Lipinski definition) is 4. The minimum absolute atomic E-state index is 0.0624. The molecule has 2 aromatic carbocycles. The normalized spacial score (nSPS) is 17.0. The van der Waals surface area contributed by atoms with E-state index < -0.39 is 35.4 Å². The number of carbonyl (C=O) groups excluding carboxylic acids is 3. The van der Waals surface area contributed by atoms with Gasteiger partial charge in [-0.1, -0.05) is 18.2 Å². The van der Waals surface area contributed by atoms with Crippen LogP contribution in [0.15, 0.2) is 48.5 Å². The first-order valence-corrected chi connectivity index (χ1v) is 7.40. The zero-order valence-corrected chi connectivity index (χ0v) is 12.8.